The molecule has 0 saturated heterocycles. The lowest BCUT2D eigenvalue weighted by molar-refractivity contribution is -0.166. The maximum Gasteiger partial charge on any atom is 0.306 e. The molecule has 0 spiro atoms. The van der Waals surface area contributed by atoms with Crippen molar-refractivity contribution in [1.82, 2.24) is 0 Å². The molecule has 0 N–H and O–H groups in total. The zero-order valence-electron chi connectivity index (χ0n) is 44.0. The van der Waals surface area contributed by atoms with Gasteiger partial charge in [0.2, 0.25) is 0 Å². The van der Waals surface area contributed by atoms with Gasteiger partial charge in [0.1, 0.15) is 13.2 Å². The fourth-order valence-electron chi connectivity index (χ4n) is 6.82. The van der Waals surface area contributed by atoms with E-state index in [1.807, 2.05) is 24.3 Å². The molecule has 0 fully saturated rings. The highest BCUT2D eigenvalue weighted by molar-refractivity contribution is 5.71. The SMILES string of the molecule is CC/C=C\C/C=C\C/C=C\C/C=C\C/C=C\CCC(=O)OCC(COC(=O)CCCCCCCCCCCC/C=C\C=C/CCCCC)OC(=O)CC/C=C\C/C=C\C/C=C\C/C=C\C/C=C\CC. The lowest BCUT2D eigenvalue weighted by Crippen LogP contribution is -2.30. The minimum absolute atomic E-state index is 0.138. The summed E-state index contributed by atoms with van der Waals surface area (Å²) in [5.74, 6) is -1.12. The van der Waals surface area contributed by atoms with Crippen molar-refractivity contribution < 1.29 is 28.6 Å². The molecule has 0 amide bonds. The van der Waals surface area contributed by atoms with Gasteiger partial charge in [-0.15, -0.1) is 0 Å². The Kier molecular flexibility index (Phi) is 52.1. The highest BCUT2D eigenvalue weighted by Crippen LogP contribution is 2.13. The smallest absolute Gasteiger partial charge is 0.306 e. The molecule has 0 aliphatic rings. The van der Waals surface area contributed by atoms with E-state index in [4.69, 9.17) is 14.2 Å². The van der Waals surface area contributed by atoms with Crippen molar-refractivity contribution in [1.29, 1.82) is 0 Å². The number of esters is 3. The zero-order valence-corrected chi connectivity index (χ0v) is 44.0. The van der Waals surface area contributed by atoms with Gasteiger partial charge in [-0.25, -0.2) is 0 Å². The summed E-state index contributed by atoms with van der Waals surface area (Å²) in [5, 5.41) is 0. The Bertz CT molecular complexity index is 1560. The van der Waals surface area contributed by atoms with Crippen LogP contribution in [-0.2, 0) is 28.6 Å². The summed E-state index contributed by atoms with van der Waals surface area (Å²) in [6, 6.07) is 0. The number of unbranched alkanes of at least 4 members (excludes halogenated alkanes) is 13. The number of hydrogen-bond acceptors (Lipinski definition) is 6. The highest BCUT2D eigenvalue weighted by Gasteiger charge is 2.19. The quantitative estimate of drug-likeness (QED) is 0.0199. The molecule has 69 heavy (non-hydrogen) atoms. The maximum atomic E-state index is 12.8. The Labute approximate surface area is 423 Å². The van der Waals surface area contributed by atoms with Crippen molar-refractivity contribution in [3.05, 3.63) is 146 Å². The molecule has 6 heteroatoms. The zero-order chi connectivity index (χ0) is 50.0. The Morgan fingerprint density at radius 3 is 1.03 bits per heavy atom. The molecule has 0 saturated carbocycles. The first-order chi connectivity index (χ1) is 34.0. The van der Waals surface area contributed by atoms with Gasteiger partial charge in [-0.05, 0) is 109 Å². The largest absolute Gasteiger partial charge is 0.462 e. The molecule has 0 radical (unpaired) electrons. The van der Waals surface area contributed by atoms with Crippen LogP contribution in [0.3, 0.4) is 0 Å². The third kappa shape index (κ3) is 54.1. The van der Waals surface area contributed by atoms with Crippen LogP contribution in [0, 0.1) is 0 Å². The predicted octanol–water partition coefficient (Wildman–Crippen LogP) is 18.4. The molecule has 0 aromatic rings. The number of ether oxygens (including phenoxy) is 3. The summed E-state index contributed by atoms with van der Waals surface area (Å²) in [5.41, 5.74) is 0. The third-order valence-electron chi connectivity index (χ3n) is 10.9. The van der Waals surface area contributed by atoms with E-state index in [0.717, 1.165) is 83.5 Å². The van der Waals surface area contributed by atoms with Crippen LogP contribution in [0.25, 0.3) is 0 Å². The first kappa shape index (κ1) is 64.3. The second-order valence-electron chi connectivity index (χ2n) is 17.4. The molecule has 0 aromatic carbocycles. The minimum Gasteiger partial charge on any atom is -0.462 e. The summed E-state index contributed by atoms with van der Waals surface area (Å²) >= 11 is 0. The van der Waals surface area contributed by atoms with Crippen molar-refractivity contribution in [2.45, 2.75) is 219 Å². The Balaban J connectivity index is 4.60. The predicted molar refractivity (Wildman–Crippen MR) is 297 cm³/mol. The summed E-state index contributed by atoms with van der Waals surface area (Å²) in [6.45, 7) is 6.23. The molecule has 0 aliphatic carbocycles. The van der Waals surface area contributed by atoms with Gasteiger partial charge >= 0.3 is 17.9 Å². The molecule has 0 aromatic heterocycles. The monoisotopic (exact) mass is 951 g/mol. The summed E-state index contributed by atoms with van der Waals surface area (Å²) in [6.07, 6.45) is 80.0. The average molecular weight is 951 g/mol. The van der Waals surface area contributed by atoms with Crippen molar-refractivity contribution in [2.24, 2.45) is 0 Å². The van der Waals surface area contributed by atoms with E-state index in [0.29, 0.717) is 19.3 Å². The minimum atomic E-state index is -0.855. The second kappa shape index (κ2) is 55.9. The van der Waals surface area contributed by atoms with Crippen LogP contribution in [0.15, 0.2) is 146 Å². The standard InChI is InChI=1S/C63H98O6/c1-4-7-10-13-16-19-22-25-28-31-32-33-36-38-41-44-47-50-53-56-62(65)68-59-60(69-63(66)57-54-51-48-45-42-39-35-30-27-24-21-18-15-12-9-6-3)58-67-61(64)55-52-49-46-43-40-37-34-29-26-23-20-17-14-11-8-5-2/h8-9,11-12,16-22,25-27,29-30,37,39-40,42,46,48-49,51,60H,4-7,10,13-15,23-24,28,31-36,38,41,43-45,47,50,52-59H2,1-3H3/b11-8-,12-9-,19-16-,20-17-,21-18-,25-22-,29-26-,30-27-,40-37-,42-39-,49-46-,51-48-. The lowest BCUT2D eigenvalue weighted by atomic mass is 10.1. The molecule has 0 rings (SSSR count). The van der Waals surface area contributed by atoms with Gasteiger partial charge < -0.3 is 14.2 Å². The van der Waals surface area contributed by atoms with Gasteiger partial charge in [-0.1, -0.05) is 231 Å². The first-order valence-corrected chi connectivity index (χ1v) is 27.4. The van der Waals surface area contributed by atoms with Gasteiger partial charge in [0.15, 0.2) is 6.10 Å². The Hall–Kier alpha value is -4.71. The number of allylic oxidation sites excluding steroid dienone is 24. The van der Waals surface area contributed by atoms with Gasteiger partial charge in [-0.2, -0.15) is 0 Å². The van der Waals surface area contributed by atoms with E-state index in [9.17, 15) is 14.4 Å². The van der Waals surface area contributed by atoms with Crippen molar-refractivity contribution in [3.63, 3.8) is 0 Å². The van der Waals surface area contributed by atoms with Crippen molar-refractivity contribution in [2.75, 3.05) is 13.2 Å². The number of carbonyl (C=O) groups excluding carboxylic acids is 3. The number of carbonyl (C=O) groups is 3. The van der Waals surface area contributed by atoms with E-state index in [2.05, 4.69) is 142 Å². The summed E-state index contributed by atoms with van der Waals surface area (Å²) < 4.78 is 16.7. The molecular weight excluding hydrogens is 853 g/mol. The summed E-state index contributed by atoms with van der Waals surface area (Å²) in [7, 11) is 0. The van der Waals surface area contributed by atoms with Crippen LogP contribution in [0.1, 0.15) is 213 Å². The van der Waals surface area contributed by atoms with Crippen LogP contribution >= 0.6 is 0 Å². The Morgan fingerprint density at radius 2 is 0.638 bits per heavy atom. The van der Waals surface area contributed by atoms with Crippen LogP contribution in [0.2, 0.25) is 0 Å². The van der Waals surface area contributed by atoms with Crippen LogP contribution < -0.4 is 0 Å². The molecular formula is C63H98O6. The maximum absolute atomic E-state index is 12.8. The van der Waals surface area contributed by atoms with Gasteiger partial charge in [0, 0.05) is 19.3 Å². The fraction of sp³-hybridized carbons (Fsp3) is 0.571. The highest BCUT2D eigenvalue weighted by atomic mass is 16.6. The van der Waals surface area contributed by atoms with E-state index in [-0.39, 0.29) is 38.0 Å². The normalized spacial score (nSPS) is 13.3. The summed E-state index contributed by atoms with van der Waals surface area (Å²) in [4.78, 5) is 38.0. The molecule has 1 atom stereocenters. The molecule has 1 unspecified atom stereocenters. The van der Waals surface area contributed by atoms with E-state index in [1.54, 1.807) is 0 Å². The molecule has 0 heterocycles. The van der Waals surface area contributed by atoms with Crippen molar-refractivity contribution in [3.8, 4) is 0 Å². The van der Waals surface area contributed by atoms with Gasteiger partial charge in [0.05, 0.1) is 0 Å². The number of rotatable bonds is 47. The molecule has 386 valence electrons. The molecule has 0 bridgehead atoms. The topological polar surface area (TPSA) is 78.9 Å². The fourth-order valence-corrected chi connectivity index (χ4v) is 6.82. The van der Waals surface area contributed by atoms with Gasteiger partial charge in [-0.3, -0.25) is 14.4 Å². The first-order valence-electron chi connectivity index (χ1n) is 27.4. The van der Waals surface area contributed by atoms with Crippen LogP contribution in [0.4, 0.5) is 0 Å². The molecule has 6 nitrogen and oxygen atoms in total. The van der Waals surface area contributed by atoms with E-state index >= 15 is 0 Å². The lowest BCUT2D eigenvalue weighted by Gasteiger charge is -2.18. The van der Waals surface area contributed by atoms with Gasteiger partial charge in [0.25, 0.3) is 0 Å². The molecule has 0 aliphatic heterocycles. The number of hydrogen-bond donors (Lipinski definition) is 0. The average Bonchev–Trinajstić information content (AvgIpc) is 3.35. The second-order valence-corrected chi connectivity index (χ2v) is 17.4. The Morgan fingerprint density at radius 1 is 0.319 bits per heavy atom. The third-order valence-corrected chi connectivity index (χ3v) is 10.9. The van der Waals surface area contributed by atoms with E-state index in [1.165, 1.54) is 77.0 Å². The van der Waals surface area contributed by atoms with Crippen LogP contribution in [0.5, 0.6) is 0 Å². The van der Waals surface area contributed by atoms with Crippen LogP contribution in [-0.4, -0.2) is 37.2 Å². The van der Waals surface area contributed by atoms with E-state index < -0.39 is 12.1 Å². The van der Waals surface area contributed by atoms with Crippen molar-refractivity contribution >= 4 is 17.9 Å².